The maximum absolute atomic E-state index is 12.3. The molecular weight excluding hydrogens is 316 g/mol. The standard InChI is InChI=1S/C15H20N4O3S/c1-5-13-18-19-15(23-13)17-14(20)9(2)16-11-8-10(21-3)6-7-12(11)22-4/h6-9,16H,5H2,1-4H3,(H,17,19,20)/t9-/m0/s1. The average molecular weight is 336 g/mol. The molecule has 8 heteroatoms. The van der Waals surface area contributed by atoms with Gasteiger partial charge in [0.2, 0.25) is 11.0 Å². The maximum atomic E-state index is 12.3. The Balaban J connectivity index is 2.05. The van der Waals surface area contributed by atoms with E-state index < -0.39 is 6.04 Å². The highest BCUT2D eigenvalue weighted by atomic mass is 32.1. The summed E-state index contributed by atoms with van der Waals surface area (Å²) in [7, 11) is 3.16. The lowest BCUT2D eigenvalue weighted by Gasteiger charge is -2.17. The van der Waals surface area contributed by atoms with Gasteiger partial charge in [-0.25, -0.2) is 0 Å². The summed E-state index contributed by atoms with van der Waals surface area (Å²) in [6.07, 6.45) is 0.794. The van der Waals surface area contributed by atoms with Crippen molar-refractivity contribution in [2.75, 3.05) is 24.9 Å². The molecule has 0 radical (unpaired) electrons. The molecular formula is C15H20N4O3S. The van der Waals surface area contributed by atoms with Crippen LogP contribution >= 0.6 is 11.3 Å². The van der Waals surface area contributed by atoms with Gasteiger partial charge in [-0.05, 0) is 25.5 Å². The summed E-state index contributed by atoms with van der Waals surface area (Å²) >= 11 is 1.37. The van der Waals surface area contributed by atoms with Crippen molar-refractivity contribution in [3.63, 3.8) is 0 Å². The summed E-state index contributed by atoms with van der Waals surface area (Å²) in [5.74, 6) is 1.11. The van der Waals surface area contributed by atoms with Crippen LogP contribution in [0, 0.1) is 0 Å². The van der Waals surface area contributed by atoms with Gasteiger partial charge in [0.1, 0.15) is 22.5 Å². The number of carbonyl (C=O) groups excluding carboxylic acids is 1. The summed E-state index contributed by atoms with van der Waals surface area (Å²) in [5.41, 5.74) is 0.681. The third-order valence-electron chi connectivity index (χ3n) is 3.17. The normalized spacial score (nSPS) is 11.7. The fraction of sp³-hybridized carbons (Fsp3) is 0.400. The first-order valence-corrected chi connectivity index (χ1v) is 8.00. The van der Waals surface area contributed by atoms with E-state index in [9.17, 15) is 4.79 Å². The molecule has 23 heavy (non-hydrogen) atoms. The molecule has 7 nitrogen and oxygen atoms in total. The van der Waals surface area contributed by atoms with Crippen molar-refractivity contribution in [1.82, 2.24) is 10.2 Å². The van der Waals surface area contributed by atoms with Crippen LogP contribution in [0.25, 0.3) is 0 Å². The number of rotatable bonds is 7. The molecule has 0 aliphatic rings. The molecule has 0 bridgehead atoms. The molecule has 124 valence electrons. The Bertz CT molecular complexity index is 674. The van der Waals surface area contributed by atoms with Gasteiger partial charge in [0, 0.05) is 6.07 Å². The second-order valence-electron chi connectivity index (χ2n) is 4.78. The van der Waals surface area contributed by atoms with Crippen LogP contribution < -0.4 is 20.1 Å². The maximum Gasteiger partial charge on any atom is 0.248 e. The van der Waals surface area contributed by atoms with Crippen LogP contribution in [0.15, 0.2) is 18.2 Å². The molecule has 1 aromatic carbocycles. The second-order valence-corrected chi connectivity index (χ2v) is 5.84. The summed E-state index contributed by atoms with van der Waals surface area (Å²) in [6.45, 7) is 3.75. The average Bonchev–Trinajstić information content (AvgIpc) is 3.02. The van der Waals surface area contributed by atoms with Crippen molar-refractivity contribution in [3.05, 3.63) is 23.2 Å². The number of methoxy groups -OCH3 is 2. The first-order chi connectivity index (χ1) is 11.1. The van der Waals surface area contributed by atoms with Gasteiger partial charge >= 0.3 is 0 Å². The molecule has 1 heterocycles. The highest BCUT2D eigenvalue weighted by Gasteiger charge is 2.17. The lowest BCUT2D eigenvalue weighted by molar-refractivity contribution is -0.116. The van der Waals surface area contributed by atoms with Gasteiger partial charge in [-0.2, -0.15) is 0 Å². The molecule has 1 atom stereocenters. The summed E-state index contributed by atoms with van der Waals surface area (Å²) in [4.78, 5) is 12.3. The van der Waals surface area contributed by atoms with E-state index in [4.69, 9.17) is 9.47 Å². The topological polar surface area (TPSA) is 85.4 Å². The second kappa shape index (κ2) is 7.77. The van der Waals surface area contributed by atoms with Gasteiger partial charge in [0.25, 0.3) is 0 Å². The third kappa shape index (κ3) is 4.32. The molecule has 0 aliphatic carbocycles. The van der Waals surface area contributed by atoms with Crippen LogP contribution in [0.5, 0.6) is 11.5 Å². The lowest BCUT2D eigenvalue weighted by atomic mass is 10.2. The minimum absolute atomic E-state index is 0.200. The van der Waals surface area contributed by atoms with Crippen molar-refractivity contribution < 1.29 is 14.3 Å². The quantitative estimate of drug-likeness (QED) is 0.808. The number of amides is 1. The van der Waals surface area contributed by atoms with Crippen molar-refractivity contribution in [2.24, 2.45) is 0 Å². The lowest BCUT2D eigenvalue weighted by Crippen LogP contribution is -2.32. The number of aromatic nitrogens is 2. The largest absolute Gasteiger partial charge is 0.497 e. The monoisotopic (exact) mass is 336 g/mol. The highest BCUT2D eigenvalue weighted by molar-refractivity contribution is 7.15. The predicted octanol–water partition coefficient (Wildman–Crippen LogP) is 2.56. The van der Waals surface area contributed by atoms with Crippen LogP contribution in [-0.4, -0.2) is 36.4 Å². The van der Waals surface area contributed by atoms with Gasteiger partial charge in [-0.15, -0.1) is 10.2 Å². The Morgan fingerprint density at radius 1 is 1.30 bits per heavy atom. The molecule has 0 spiro atoms. The SMILES string of the molecule is CCc1nnc(NC(=O)[C@H](C)Nc2cc(OC)ccc2OC)s1. The molecule has 2 N–H and O–H groups in total. The molecule has 0 saturated heterocycles. The zero-order valence-corrected chi connectivity index (χ0v) is 14.4. The van der Waals surface area contributed by atoms with Crippen LogP contribution in [0.2, 0.25) is 0 Å². The van der Waals surface area contributed by atoms with E-state index >= 15 is 0 Å². The first-order valence-electron chi connectivity index (χ1n) is 7.19. The Labute approximate surface area is 139 Å². The summed E-state index contributed by atoms with van der Waals surface area (Å²) in [6, 6.07) is 4.87. The fourth-order valence-corrected chi connectivity index (χ4v) is 2.57. The van der Waals surface area contributed by atoms with Crippen LogP contribution in [-0.2, 0) is 11.2 Å². The minimum Gasteiger partial charge on any atom is -0.497 e. The number of nitrogens with one attached hydrogen (secondary N) is 2. The number of ether oxygens (including phenoxy) is 2. The molecule has 2 rings (SSSR count). The summed E-state index contributed by atoms with van der Waals surface area (Å²) in [5, 5.41) is 15.2. The highest BCUT2D eigenvalue weighted by Crippen LogP contribution is 2.29. The van der Waals surface area contributed by atoms with Gasteiger partial charge < -0.3 is 14.8 Å². The minimum atomic E-state index is -0.481. The van der Waals surface area contributed by atoms with Gasteiger partial charge in [-0.1, -0.05) is 18.3 Å². The number of nitrogens with zero attached hydrogens (tertiary/aromatic N) is 2. The van der Waals surface area contributed by atoms with E-state index in [1.807, 2.05) is 6.92 Å². The van der Waals surface area contributed by atoms with Crippen molar-refractivity contribution >= 4 is 28.1 Å². The number of anilines is 2. The molecule has 2 aromatic rings. The van der Waals surface area contributed by atoms with Crippen molar-refractivity contribution in [1.29, 1.82) is 0 Å². The van der Waals surface area contributed by atoms with Crippen LogP contribution in [0.1, 0.15) is 18.9 Å². The summed E-state index contributed by atoms with van der Waals surface area (Å²) < 4.78 is 10.5. The van der Waals surface area contributed by atoms with E-state index in [1.54, 1.807) is 39.3 Å². The Kier molecular flexibility index (Phi) is 5.75. The zero-order valence-electron chi connectivity index (χ0n) is 13.5. The Morgan fingerprint density at radius 2 is 2.09 bits per heavy atom. The van der Waals surface area contributed by atoms with E-state index in [0.29, 0.717) is 22.3 Å². The molecule has 1 aromatic heterocycles. The number of aryl methyl sites for hydroxylation is 1. The third-order valence-corrected chi connectivity index (χ3v) is 4.15. The molecule has 0 fully saturated rings. The number of hydrogen-bond acceptors (Lipinski definition) is 7. The van der Waals surface area contributed by atoms with Gasteiger partial charge in [-0.3, -0.25) is 10.1 Å². The molecule has 0 aliphatic heterocycles. The molecule has 0 saturated carbocycles. The number of hydrogen-bond donors (Lipinski definition) is 2. The Morgan fingerprint density at radius 3 is 2.70 bits per heavy atom. The first kappa shape index (κ1) is 17.0. The predicted molar refractivity (Wildman–Crippen MR) is 90.5 cm³/mol. The van der Waals surface area contributed by atoms with E-state index in [0.717, 1.165) is 11.4 Å². The molecule has 0 unspecified atom stereocenters. The van der Waals surface area contributed by atoms with E-state index in [-0.39, 0.29) is 5.91 Å². The van der Waals surface area contributed by atoms with E-state index in [1.165, 1.54) is 11.3 Å². The van der Waals surface area contributed by atoms with Crippen molar-refractivity contribution in [2.45, 2.75) is 26.3 Å². The number of carbonyl (C=O) groups is 1. The van der Waals surface area contributed by atoms with Crippen LogP contribution in [0.4, 0.5) is 10.8 Å². The van der Waals surface area contributed by atoms with Gasteiger partial charge in [0.15, 0.2) is 0 Å². The van der Waals surface area contributed by atoms with Crippen LogP contribution in [0.3, 0.4) is 0 Å². The smallest absolute Gasteiger partial charge is 0.248 e. The number of benzene rings is 1. The Hall–Kier alpha value is -2.35. The van der Waals surface area contributed by atoms with Crippen molar-refractivity contribution in [3.8, 4) is 11.5 Å². The van der Waals surface area contributed by atoms with E-state index in [2.05, 4.69) is 20.8 Å². The fourth-order valence-electron chi connectivity index (χ4n) is 1.89. The zero-order chi connectivity index (χ0) is 16.8. The molecule has 1 amide bonds. The van der Waals surface area contributed by atoms with Gasteiger partial charge in [0.05, 0.1) is 19.9 Å².